The first-order chi connectivity index (χ1) is 11.3. The van der Waals surface area contributed by atoms with Crippen LogP contribution in [0.5, 0.6) is 0 Å². The van der Waals surface area contributed by atoms with E-state index >= 15 is 0 Å². The third-order valence-electron chi connectivity index (χ3n) is 4.61. The summed E-state index contributed by atoms with van der Waals surface area (Å²) in [7, 11) is 1.82. The summed E-state index contributed by atoms with van der Waals surface area (Å²) >= 11 is 0. The Morgan fingerprint density at radius 3 is 2.46 bits per heavy atom. The standard InChI is InChI=1S/C18H20N2O4/c1-6-24-18(23)16-9(3)13-8(2)14-11(7-12(13)20(16)5)19-10(4)15(14)17(21)22/h7,19H,6H2,1-5H3,(H,21,22). The van der Waals surface area contributed by atoms with Crippen LogP contribution in [0.25, 0.3) is 21.8 Å². The summed E-state index contributed by atoms with van der Waals surface area (Å²) in [5, 5.41) is 11.1. The predicted molar refractivity (Wildman–Crippen MR) is 91.9 cm³/mol. The molecule has 24 heavy (non-hydrogen) atoms. The van der Waals surface area contributed by atoms with E-state index in [9.17, 15) is 14.7 Å². The summed E-state index contributed by atoms with van der Waals surface area (Å²) in [5.74, 6) is -1.33. The van der Waals surface area contributed by atoms with E-state index in [2.05, 4.69) is 4.98 Å². The Labute approximate surface area is 139 Å². The van der Waals surface area contributed by atoms with Gasteiger partial charge in [0.15, 0.2) is 0 Å². The van der Waals surface area contributed by atoms with Crippen molar-refractivity contribution in [1.29, 1.82) is 0 Å². The topological polar surface area (TPSA) is 84.3 Å². The van der Waals surface area contributed by atoms with Gasteiger partial charge < -0.3 is 19.4 Å². The number of carbonyl (C=O) groups excluding carboxylic acids is 1. The second-order valence-electron chi connectivity index (χ2n) is 6.00. The van der Waals surface area contributed by atoms with Gasteiger partial charge in [0.1, 0.15) is 5.69 Å². The normalized spacial score (nSPS) is 11.4. The van der Waals surface area contributed by atoms with E-state index < -0.39 is 5.97 Å². The Morgan fingerprint density at radius 2 is 1.88 bits per heavy atom. The third kappa shape index (κ3) is 2.02. The SMILES string of the molecule is CCOC(=O)c1c(C)c2c(C)c3c(C(=O)O)c(C)[nH]c3cc2n1C. The maximum absolute atomic E-state index is 12.3. The van der Waals surface area contributed by atoms with Crippen molar-refractivity contribution in [2.75, 3.05) is 6.61 Å². The summed E-state index contributed by atoms with van der Waals surface area (Å²) in [6, 6.07) is 1.90. The van der Waals surface area contributed by atoms with Crippen LogP contribution >= 0.6 is 0 Å². The first kappa shape index (κ1) is 16.1. The molecule has 0 aliphatic rings. The number of hydrogen-bond acceptors (Lipinski definition) is 3. The first-order valence-corrected chi connectivity index (χ1v) is 7.80. The average Bonchev–Trinajstić information content (AvgIpc) is 2.95. The highest BCUT2D eigenvalue weighted by Crippen LogP contribution is 2.36. The van der Waals surface area contributed by atoms with Crippen LogP contribution in [-0.4, -0.2) is 33.2 Å². The summed E-state index contributed by atoms with van der Waals surface area (Å²) in [5.41, 5.74) is 4.69. The number of carboxylic acids is 1. The lowest BCUT2D eigenvalue weighted by Gasteiger charge is -2.05. The van der Waals surface area contributed by atoms with Gasteiger partial charge in [-0.3, -0.25) is 0 Å². The average molecular weight is 328 g/mol. The molecule has 1 aromatic carbocycles. The molecule has 126 valence electrons. The second-order valence-corrected chi connectivity index (χ2v) is 6.00. The molecule has 3 aromatic rings. The monoisotopic (exact) mass is 328 g/mol. The maximum atomic E-state index is 12.3. The molecule has 6 nitrogen and oxygen atoms in total. The summed E-state index contributed by atoms with van der Waals surface area (Å²) in [6.45, 7) is 7.60. The van der Waals surface area contributed by atoms with Crippen LogP contribution in [0.1, 0.15) is 44.6 Å². The maximum Gasteiger partial charge on any atom is 0.355 e. The number of nitrogens with one attached hydrogen (secondary N) is 1. The Balaban J connectivity index is 2.46. The summed E-state index contributed by atoms with van der Waals surface area (Å²) < 4.78 is 6.97. The van der Waals surface area contributed by atoms with Crippen LogP contribution < -0.4 is 0 Å². The molecule has 2 aromatic heterocycles. The number of carboxylic acid groups (broad SMARTS) is 1. The predicted octanol–water partition coefficient (Wildman–Crippen LogP) is 3.46. The molecule has 3 rings (SSSR count). The largest absolute Gasteiger partial charge is 0.478 e. The van der Waals surface area contributed by atoms with Gasteiger partial charge in [-0.15, -0.1) is 0 Å². The van der Waals surface area contributed by atoms with Gasteiger partial charge in [-0.05, 0) is 44.9 Å². The van der Waals surface area contributed by atoms with Crippen molar-refractivity contribution in [3.63, 3.8) is 0 Å². The molecule has 0 saturated heterocycles. The van der Waals surface area contributed by atoms with E-state index in [4.69, 9.17) is 4.74 Å². The number of esters is 1. The van der Waals surface area contributed by atoms with Crippen molar-refractivity contribution in [3.05, 3.63) is 34.1 Å². The van der Waals surface area contributed by atoms with Crippen molar-refractivity contribution in [2.45, 2.75) is 27.7 Å². The molecule has 6 heteroatoms. The molecule has 0 unspecified atom stereocenters. The minimum Gasteiger partial charge on any atom is -0.478 e. The number of carbonyl (C=O) groups is 2. The highest BCUT2D eigenvalue weighted by Gasteiger charge is 2.24. The molecule has 0 atom stereocenters. The number of hydrogen-bond donors (Lipinski definition) is 2. The molecule has 0 radical (unpaired) electrons. The van der Waals surface area contributed by atoms with Gasteiger partial charge in [0.25, 0.3) is 0 Å². The van der Waals surface area contributed by atoms with Gasteiger partial charge in [0.05, 0.1) is 17.7 Å². The minimum absolute atomic E-state index is 0.283. The zero-order valence-electron chi connectivity index (χ0n) is 14.4. The van der Waals surface area contributed by atoms with Gasteiger partial charge >= 0.3 is 11.9 Å². The summed E-state index contributed by atoms with van der Waals surface area (Å²) in [6.07, 6.45) is 0. The number of H-pyrrole nitrogens is 1. The Morgan fingerprint density at radius 1 is 1.21 bits per heavy atom. The number of ether oxygens (including phenoxy) is 1. The van der Waals surface area contributed by atoms with Crippen LogP contribution in [0.2, 0.25) is 0 Å². The van der Waals surface area contributed by atoms with Crippen molar-refractivity contribution < 1.29 is 19.4 Å². The molecule has 2 N–H and O–H groups in total. The van der Waals surface area contributed by atoms with Crippen molar-refractivity contribution in [2.24, 2.45) is 7.05 Å². The molecule has 0 fully saturated rings. The Hall–Kier alpha value is -2.76. The fourth-order valence-electron chi connectivity index (χ4n) is 3.66. The molecule has 0 aliphatic heterocycles. The molecule has 2 heterocycles. The second kappa shape index (κ2) is 5.40. The molecule has 0 saturated carbocycles. The lowest BCUT2D eigenvalue weighted by molar-refractivity contribution is 0.0514. The fraction of sp³-hybridized carbons (Fsp3) is 0.333. The van der Waals surface area contributed by atoms with E-state index in [0.29, 0.717) is 23.4 Å². The van der Waals surface area contributed by atoms with Gasteiger partial charge in [0.2, 0.25) is 0 Å². The minimum atomic E-state index is -0.958. The highest BCUT2D eigenvalue weighted by atomic mass is 16.5. The van der Waals surface area contributed by atoms with Crippen LogP contribution in [0, 0.1) is 20.8 Å². The van der Waals surface area contributed by atoms with Crippen LogP contribution in [0.4, 0.5) is 0 Å². The van der Waals surface area contributed by atoms with Crippen LogP contribution in [0.3, 0.4) is 0 Å². The van der Waals surface area contributed by atoms with E-state index in [-0.39, 0.29) is 11.5 Å². The van der Waals surface area contributed by atoms with Gasteiger partial charge in [-0.25, -0.2) is 9.59 Å². The number of fused-ring (bicyclic) bond motifs is 2. The number of benzene rings is 1. The van der Waals surface area contributed by atoms with Crippen molar-refractivity contribution in [1.82, 2.24) is 9.55 Å². The number of aromatic nitrogens is 2. The summed E-state index contributed by atoms with van der Waals surface area (Å²) in [4.78, 5) is 27.1. The molecule has 0 amide bonds. The van der Waals surface area contributed by atoms with Crippen LogP contribution in [-0.2, 0) is 11.8 Å². The molecular formula is C18H20N2O4. The van der Waals surface area contributed by atoms with E-state index in [0.717, 1.165) is 27.5 Å². The molecule has 0 bridgehead atoms. The zero-order valence-corrected chi connectivity index (χ0v) is 14.4. The Kier molecular flexibility index (Phi) is 3.63. The molecular weight excluding hydrogens is 308 g/mol. The van der Waals surface area contributed by atoms with E-state index in [1.807, 2.05) is 31.5 Å². The number of aryl methyl sites for hydroxylation is 4. The smallest absolute Gasteiger partial charge is 0.355 e. The lowest BCUT2D eigenvalue weighted by Crippen LogP contribution is -2.11. The fourth-order valence-corrected chi connectivity index (χ4v) is 3.66. The molecule has 0 spiro atoms. The number of aromatic amines is 1. The quantitative estimate of drug-likeness (QED) is 0.721. The Bertz CT molecular complexity index is 1010. The number of rotatable bonds is 3. The molecule has 0 aliphatic carbocycles. The zero-order chi connectivity index (χ0) is 17.8. The van der Waals surface area contributed by atoms with Gasteiger partial charge in [0, 0.05) is 29.0 Å². The van der Waals surface area contributed by atoms with Crippen molar-refractivity contribution >= 4 is 33.7 Å². The van der Waals surface area contributed by atoms with E-state index in [1.54, 1.807) is 13.8 Å². The number of nitrogens with zero attached hydrogens (tertiary/aromatic N) is 1. The third-order valence-corrected chi connectivity index (χ3v) is 4.61. The van der Waals surface area contributed by atoms with Gasteiger partial charge in [-0.1, -0.05) is 0 Å². The number of aromatic carboxylic acids is 1. The lowest BCUT2D eigenvalue weighted by atomic mass is 9.99. The first-order valence-electron chi connectivity index (χ1n) is 7.80. The van der Waals surface area contributed by atoms with E-state index in [1.165, 1.54) is 0 Å². The highest BCUT2D eigenvalue weighted by molar-refractivity contribution is 6.13. The van der Waals surface area contributed by atoms with Crippen LogP contribution in [0.15, 0.2) is 6.07 Å². The van der Waals surface area contributed by atoms with Gasteiger partial charge in [-0.2, -0.15) is 0 Å². The van der Waals surface area contributed by atoms with Crippen molar-refractivity contribution in [3.8, 4) is 0 Å².